The summed E-state index contributed by atoms with van der Waals surface area (Å²) in [5, 5.41) is 7.63. The summed E-state index contributed by atoms with van der Waals surface area (Å²) in [7, 11) is 0. The van der Waals surface area contributed by atoms with Gasteiger partial charge in [0.2, 0.25) is 0 Å². The first kappa shape index (κ1) is 18.0. The molecule has 3 aromatic rings. The number of benzene rings is 2. The van der Waals surface area contributed by atoms with Crippen molar-refractivity contribution in [3.63, 3.8) is 0 Å². The van der Waals surface area contributed by atoms with Gasteiger partial charge in [0.25, 0.3) is 11.8 Å². The third kappa shape index (κ3) is 4.46. The molecule has 2 aromatic carbocycles. The molecule has 1 aromatic heterocycles. The molecule has 0 atom stereocenters. The predicted molar refractivity (Wildman–Crippen MR) is 106 cm³/mol. The lowest BCUT2D eigenvalue weighted by molar-refractivity contribution is -0.123. The third-order valence-electron chi connectivity index (χ3n) is 4.55. The van der Waals surface area contributed by atoms with E-state index in [2.05, 4.69) is 15.6 Å². The topological polar surface area (TPSA) is 80.3 Å². The van der Waals surface area contributed by atoms with Gasteiger partial charge in [-0.25, -0.2) is 0 Å². The Morgan fingerprint density at radius 1 is 1.04 bits per heavy atom. The highest BCUT2D eigenvalue weighted by Crippen LogP contribution is 2.26. The fourth-order valence-corrected chi connectivity index (χ4v) is 2.93. The molecule has 1 heterocycles. The van der Waals surface area contributed by atoms with E-state index in [9.17, 15) is 9.59 Å². The van der Waals surface area contributed by atoms with Crippen molar-refractivity contribution in [3.8, 4) is 5.75 Å². The number of hydrogen-bond acceptors (Lipinski definition) is 4. The molecular weight excluding hydrogens is 354 g/mol. The molecule has 0 aliphatic heterocycles. The fraction of sp³-hybridized carbons (Fsp3) is 0.227. The Hall–Kier alpha value is -3.41. The molecule has 4 rings (SSSR count). The Morgan fingerprint density at radius 2 is 1.79 bits per heavy atom. The van der Waals surface area contributed by atoms with E-state index in [4.69, 9.17) is 4.74 Å². The molecule has 0 unspecified atom stereocenters. The number of pyridine rings is 1. The number of hydrogen-bond donors (Lipinski definition) is 2. The van der Waals surface area contributed by atoms with Crippen LogP contribution in [0.2, 0.25) is 0 Å². The zero-order chi connectivity index (χ0) is 19.3. The minimum Gasteiger partial charge on any atom is -0.483 e. The number of nitrogens with zero attached hydrogens (tertiary/aromatic N) is 1. The molecule has 6 heteroatoms. The SMILES string of the molecule is O=C(COc1cc2ccccc2cc1C(=O)NCc1ccccn1)NC1CC1. The van der Waals surface area contributed by atoms with Gasteiger partial charge in [0.1, 0.15) is 5.75 Å². The molecule has 2 N–H and O–H groups in total. The van der Waals surface area contributed by atoms with Crippen molar-refractivity contribution in [2.75, 3.05) is 6.61 Å². The lowest BCUT2D eigenvalue weighted by atomic mass is 10.1. The Balaban J connectivity index is 1.53. The van der Waals surface area contributed by atoms with Crippen LogP contribution >= 0.6 is 0 Å². The van der Waals surface area contributed by atoms with Gasteiger partial charge in [-0.1, -0.05) is 30.3 Å². The van der Waals surface area contributed by atoms with Gasteiger partial charge in [-0.15, -0.1) is 0 Å². The first-order chi connectivity index (χ1) is 13.7. The average Bonchev–Trinajstić information content (AvgIpc) is 3.54. The van der Waals surface area contributed by atoms with Crippen molar-refractivity contribution in [2.45, 2.75) is 25.4 Å². The van der Waals surface area contributed by atoms with Crippen LogP contribution in [0.1, 0.15) is 28.9 Å². The van der Waals surface area contributed by atoms with Crippen LogP contribution in [0.15, 0.2) is 60.8 Å². The smallest absolute Gasteiger partial charge is 0.258 e. The molecule has 1 aliphatic rings. The van der Waals surface area contributed by atoms with E-state index >= 15 is 0 Å². The molecule has 2 amide bonds. The van der Waals surface area contributed by atoms with Crippen molar-refractivity contribution in [1.29, 1.82) is 0 Å². The molecular formula is C22H21N3O3. The number of carbonyl (C=O) groups excluding carboxylic acids is 2. The summed E-state index contributed by atoms with van der Waals surface area (Å²) in [4.78, 5) is 29.0. The minimum absolute atomic E-state index is 0.116. The summed E-state index contributed by atoms with van der Waals surface area (Å²) < 4.78 is 5.72. The van der Waals surface area contributed by atoms with E-state index in [0.29, 0.717) is 17.9 Å². The van der Waals surface area contributed by atoms with Crippen molar-refractivity contribution >= 4 is 22.6 Å². The highest BCUT2D eigenvalue weighted by atomic mass is 16.5. The van der Waals surface area contributed by atoms with Gasteiger partial charge in [-0.3, -0.25) is 14.6 Å². The van der Waals surface area contributed by atoms with Gasteiger partial charge in [0, 0.05) is 12.2 Å². The maximum absolute atomic E-state index is 12.8. The second-order valence-electron chi connectivity index (χ2n) is 6.83. The van der Waals surface area contributed by atoms with Crippen LogP contribution in [0.5, 0.6) is 5.75 Å². The summed E-state index contributed by atoms with van der Waals surface area (Å²) in [6.45, 7) is 0.198. The lowest BCUT2D eigenvalue weighted by Crippen LogP contribution is -2.31. The Labute approximate surface area is 162 Å². The van der Waals surface area contributed by atoms with Crippen LogP contribution < -0.4 is 15.4 Å². The maximum atomic E-state index is 12.8. The van der Waals surface area contributed by atoms with Crippen LogP contribution in [0, 0.1) is 0 Å². The van der Waals surface area contributed by atoms with Gasteiger partial charge in [0.15, 0.2) is 6.61 Å². The van der Waals surface area contributed by atoms with E-state index in [-0.39, 0.29) is 24.5 Å². The molecule has 0 saturated heterocycles. The second kappa shape index (κ2) is 8.08. The third-order valence-corrected chi connectivity index (χ3v) is 4.55. The Kier molecular flexibility index (Phi) is 5.19. The number of carbonyl (C=O) groups is 2. The fourth-order valence-electron chi connectivity index (χ4n) is 2.93. The predicted octanol–water partition coefficient (Wildman–Crippen LogP) is 2.82. The Morgan fingerprint density at radius 3 is 2.50 bits per heavy atom. The molecule has 1 saturated carbocycles. The number of aromatic nitrogens is 1. The van der Waals surface area contributed by atoms with Crippen LogP contribution in [0.3, 0.4) is 0 Å². The zero-order valence-electron chi connectivity index (χ0n) is 15.4. The molecule has 1 fully saturated rings. The number of ether oxygens (including phenoxy) is 1. The Bertz CT molecular complexity index is 1000. The van der Waals surface area contributed by atoms with E-state index < -0.39 is 0 Å². The molecule has 0 radical (unpaired) electrons. The maximum Gasteiger partial charge on any atom is 0.258 e. The van der Waals surface area contributed by atoms with Gasteiger partial charge >= 0.3 is 0 Å². The molecule has 142 valence electrons. The van der Waals surface area contributed by atoms with Gasteiger partial charge in [0.05, 0.1) is 17.8 Å². The van der Waals surface area contributed by atoms with E-state index in [1.54, 1.807) is 18.3 Å². The van der Waals surface area contributed by atoms with Crippen molar-refractivity contribution in [3.05, 3.63) is 72.1 Å². The normalized spacial score (nSPS) is 13.1. The van der Waals surface area contributed by atoms with Crippen molar-refractivity contribution in [2.24, 2.45) is 0 Å². The van der Waals surface area contributed by atoms with Crippen LogP contribution in [-0.4, -0.2) is 29.4 Å². The molecule has 0 spiro atoms. The minimum atomic E-state index is -0.269. The van der Waals surface area contributed by atoms with E-state index in [1.807, 2.05) is 42.5 Å². The first-order valence-corrected chi connectivity index (χ1v) is 9.32. The monoisotopic (exact) mass is 375 g/mol. The van der Waals surface area contributed by atoms with Crippen LogP contribution in [0.25, 0.3) is 10.8 Å². The van der Waals surface area contributed by atoms with Crippen molar-refractivity contribution in [1.82, 2.24) is 15.6 Å². The summed E-state index contributed by atoms with van der Waals surface area (Å²) >= 11 is 0. The molecule has 28 heavy (non-hydrogen) atoms. The average molecular weight is 375 g/mol. The number of fused-ring (bicyclic) bond motifs is 1. The summed E-state index contributed by atoms with van der Waals surface area (Å²) in [5.41, 5.74) is 1.16. The standard InChI is InChI=1S/C22H21N3O3/c26-21(25-17-8-9-17)14-28-20-12-16-6-2-1-5-15(16)11-19(20)22(27)24-13-18-7-3-4-10-23-18/h1-7,10-12,17H,8-9,13-14H2,(H,24,27)(H,25,26). The highest BCUT2D eigenvalue weighted by molar-refractivity contribution is 6.01. The lowest BCUT2D eigenvalue weighted by Gasteiger charge is -2.13. The van der Waals surface area contributed by atoms with Gasteiger partial charge < -0.3 is 15.4 Å². The number of nitrogens with one attached hydrogen (secondary N) is 2. The largest absolute Gasteiger partial charge is 0.483 e. The van der Waals surface area contributed by atoms with Gasteiger partial charge in [-0.2, -0.15) is 0 Å². The molecule has 1 aliphatic carbocycles. The number of rotatable bonds is 7. The van der Waals surface area contributed by atoms with E-state index in [0.717, 1.165) is 29.3 Å². The highest BCUT2D eigenvalue weighted by Gasteiger charge is 2.23. The van der Waals surface area contributed by atoms with Crippen molar-refractivity contribution < 1.29 is 14.3 Å². The second-order valence-corrected chi connectivity index (χ2v) is 6.83. The molecule has 6 nitrogen and oxygen atoms in total. The van der Waals surface area contributed by atoms with Crippen LogP contribution in [-0.2, 0) is 11.3 Å². The summed E-state index contributed by atoms with van der Waals surface area (Å²) in [6, 6.07) is 17.1. The molecule has 0 bridgehead atoms. The van der Waals surface area contributed by atoms with Crippen LogP contribution in [0.4, 0.5) is 0 Å². The summed E-state index contributed by atoms with van der Waals surface area (Å²) in [5.74, 6) is -0.0484. The van der Waals surface area contributed by atoms with E-state index in [1.165, 1.54) is 0 Å². The quantitative estimate of drug-likeness (QED) is 0.665. The summed E-state index contributed by atoms with van der Waals surface area (Å²) in [6.07, 6.45) is 3.72. The zero-order valence-corrected chi connectivity index (χ0v) is 15.4. The number of amides is 2. The van der Waals surface area contributed by atoms with Gasteiger partial charge in [-0.05, 0) is 47.9 Å². The first-order valence-electron chi connectivity index (χ1n) is 9.32.